The van der Waals surface area contributed by atoms with Gasteiger partial charge in [0.15, 0.2) is 0 Å². The van der Waals surface area contributed by atoms with Crippen LogP contribution in [0.25, 0.3) is 0 Å². The van der Waals surface area contributed by atoms with Crippen LogP contribution < -0.4 is 14.8 Å². The third-order valence-corrected chi connectivity index (χ3v) is 5.03. The molecule has 0 aliphatic heterocycles. The lowest BCUT2D eigenvalue weighted by Crippen LogP contribution is -2.31. The second-order valence-corrected chi connectivity index (χ2v) is 7.81. The molecule has 0 aliphatic rings. The summed E-state index contributed by atoms with van der Waals surface area (Å²) in [5, 5.41) is 2.87. The first kappa shape index (κ1) is 19.7. The lowest BCUT2D eigenvalue weighted by atomic mass is 10.2. The number of amides is 1. The SMILES string of the molecule is CC[C@H](C)NC(=O)c1ccc(Oc2ccc(NS(=O)(=O)CC)cc2)nc1. The summed E-state index contributed by atoms with van der Waals surface area (Å²) in [6, 6.07) is 9.84. The molecular formula is C18H23N3O4S. The number of nitrogens with zero attached hydrogens (tertiary/aromatic N) is 1. The quantitative estimate of drug-likeness (QED) is 0.736. The average molecular weight is 377 g/mol. The molecule has 0 saturated heterocycles. The van der Waals surface area contributed by atoms with E-state index in [1.807, 2.05) is 13.8 Å². The number of hydrogen-bond donors (Lipinski definition) is 2. The predicted molar refractivity (Wildman–Crippen MR) is 101 cm³/mol. The maximum atomic E-state index is 12.0. The summed E-state index contributed by atoms with van der Waals surface area (Å²) in [5.41, 5.74) is 0.922. The molecule has 1 heterocycles. The van der Waals surface area contributed by atoms with Gasteiger partial charge in [0.2, 0.25) is 15.9 Å². The van der Waals surface area contributed by atoms with Gasteiger partial charge in [0.1, 0.15) is 5.75 Å². The molecule has 0 spiro atoms. The van der Waals surface area contributed by atoms with Crippen LogP contribution in [0.4, 0.5) is 5.69 Å². The summed E-state index contributed by atoms with van der Waals surface area (Å²) >= 11 is 0. The molecule has 2 aromatic rings. The summed E-state index contributed by atoms with van der Waals surface area (Å²) in [6.07, 6.45) is 2.31. The Kier molecular flexibility index (Phi) is 6.57. The highest BCUT2D eigenvalue weighted by atomic mass is 32.2. The van der Waals surface area contributed by atoms with Crippen LogP contribution in [0.15, 0.2) is 42.6 Å². The van der Waals surface area contributed by atoms with Crippen LogP contribution in [0.5, 0.6) is 11.6 Å². The Morgan fingerprint density at radius 1 is 1.15 bits per heavy atom. The van der Waals surface area contributed by atoms with Crippen molar-refractivity contribution in [1.29, 1.82) is 0 Å². The van der Waals surface area contributed by atoms with Gasteiger partial charge in [0.05, 0.1) is 11.3 Å². The molecule has 1 atom stereocenters. The Balaban J connectivity index is 1.99. The Bertz CT molecular complexity index is 834. The van der Waals surface area contributed by atoms with Gasteiger partial charge in [-0.15, -0.1) is 0 Å². The predicted octanol–water partition coefficient (Wildman–Crippen LogP) is 3.16. The van der Waals surface area contributed by atoms with Gasteiger partial charge in [-0.25, -0.2) is 13.4 Å². The first-order valence-electron chi connectivity index (χ1n) is 8.38. The van der Waals surface area contributed by atoms with Crippen LogP contribution in [0.1, 0.15) is 37.6 Å². The zero-order valence-corrected chi connectivity index (χ0v) is 15.8. The van der Waals surface area contributed by atoms with Gasteiger partial charge < -0.3 is 10.1 Å². The standard InChI is InChI=1S/C18H23N3O4S/c1-4-13(3)20-18(22)14-6-11-17(19-12-14)25-16-9-7-15(8-10-16)21-26(23,24)5-2/h6-13,21H,4-5H2,1-3H3,(H,20,22)/t13-/m0/s1. The van der Waals surface area contributed by atoms with E-state index in [1.54, 1.807) is 43.3 Å². The van der Waals surface area contributed by atoms with Crippen molar-refractivity contribution in [3.63, 3.8) is 0 Å². The smallest absolute Gasteiger partial charge is 0.253 e. The van der Waals surface area contributed by atoms with Crippen molar-refractivity contribution in [2.24, 2.45) is 0 Å². The molecule has 1 aromatic heterocycles. The minimum atomic E-state index is -3.31. The fourth-order valence-electron chi connectivity index (χ4n) is 1.95. The van der Waals surface area contributed by atoms with Crippen molar-refractivity contribution < 1.29 is 17.9 Å². The van der Waals surface area contributed by atoms with Crippen molar-refractivity contribution in [3.05, 3.63) is 48.2 Å². The van der Waals surface area contributed by atoms with Crippen LogP contribution in [0, 0.1) is 0 Å². The van der Waals surface area contributed by atoms with Crippen molar-refractivity contribution in [3.8, 4) is 11.6 Å². The van der Waals surface area contributed by atoms with Gasteiger partial charge in [-0.05, 0) is 50.6 Å². The maximum absolute atomic E-state index is 12.0. The van der Waals surface area contributed by atoms with E-state index in [0.29, 0.717) is 22.9 Å². The molecule has 1 amide bonds. The monoisotopic (exact) mass is 377 g/mol. The number of aromatic nitrogens is 1. The number of nitrogens with one attached hydrogen (secondary N) is 2. The minimum Gasteiger partial charge on any atom is -0.439 e. The molecule has 140 valence electrons. The van der Waals surface area contributed by atoms with E-state index < -0.39 is 10.0 Å². The molecule has 0 saturated carbocycles. The number of hydrogen-bond acceptors (Lipinski definition) is 5. The fraction of sp³-hybridized carbons (Fsp3) is 0.333. The number of carbonyl (C=O) groups excluding carboxylic acids is 1. The van der Waals surface area contributed by atoms with Crippen LogP contribution in [-0.2, 0) is 10.0 Å². The van der Waals surface area contributed by atoms with Gasteiger partial charge in [0.25, 0.3) is 5.91 Å². The van der Waals surface area contributed by atoms with Gasteiger partial charge in [-0.2, -0.15) is 0 Å². The van der Waals surface area contributed by atoms with Gasteiger partial charge in [-0.3, -0.25) is 9.52 Å². The molecule has 2 N–H and O–H groups in total. The zero-order valence-electron chi connectivity index (χ0n) is 15.0. The third kappa shape index (κ3) is 5.73. The maximum Gasteiger partial charge on any atom is 0.253 e. The van der Waals surface area contributed by atoms with Crippen molar-refractivity contribution in [1.82, 2.24) is 10.3 Å². The van der Waals surface area contributed by atoms with Crippen LogP contribution in [0.3, 0.4) is 0 Å². The van der Waals surface area contributed by atoms with E-state index in [9.17, 15) is 13.2 Å². The molecule has 1 aromatic carbocycles. The van der Waals surface area contributed by atoms with Crippen molar-refractivity contribution in [2.45, 2.75) is 33.2 Å². The van der Waals surface area contributed by atoms with E-state index in [1.165, 1.54) is 6.20 Å². The average Bonchev–Trinajstić information content (AvgIpc) is 2.63. The number of rotatable bonds is 8. The molecule has 0 fully saturated rings. The molecule has 2 rings (SSSR count). The molecule has 8 heteroatoms. The van der Waals surface area contributed by atoms with E-state index in [4.69, 9.17) is 4.74 Å². The normalized spacial score (nSPS) is 12.3. The van der Waals surface area contributed by atoms with Crippen molar-refractivity contribution >= 4 is 21.6 Å². The summed E-state index contributed by atoms with van der Waals surface area (Å²) in [7, 11) is -3.31. The molecule has 0 aliphatic carbocycles. The highest BCUT2D eigenvalue weighted by molar-refractivity contribution is 7.92. The summed E-state index contributed by atoms with van der Waals surface area (Å²) < 4.78 is 31.1. The molecule has 0 unspecified atom stereocenters. The lowest BCUT2D eigenvalue weighted by Gasteiger charge is -2.11. The number of ether oxygens (including phenoxy) is 1. The number of pyridine rings is 1. The molecule has 7 nitrogen and oxygen atoms in total. The van der Waals surface area contributed by atoms with Gasteiger partial charge in [0, 0.05) is 24.0 Å². The Morgan fingerprint density at radius 2 is 1.85 bits per heavy atom. The van der Waals surface area contributed by atoms with Gasteiger partial charge >= 0.3 is 0 Å². The van der Waals surface area contributed by atoms with Crippen LogP contribution in [-0.4, -0.2) is 31.1 Å². The minimum absolute atomic E-state index is 0.00608. The van der Waals surface area contributed by atoms with E-state index in [-0.39, 0.29) is 17.7 Å². The molecule has 0 radical (unpaired) electrons. The van der Waals surface area contributed by atoms with Crippen LogP contribution >= 0.6 is 0 Å². The van der Waals surface area contributed by atoms with E-state index in [0.717, 1.165) is 6.42 Å². The van der Waals surface area contributed by atoms with Gasteiger partial charge in [-0.1, -0.05) is 6.92 Å². The zero-order chi connectivity index (χ0) is 19.2. The lowest BCUT2D eigenvalue weighted by molar-refractivity contribution is 0.0939. The number of benzene rings is 1. The molecule has 26 heavy (non-hydrogen) atoms. The third-order valence-electron chi connectivity index (χ3n) is 3.72. The fourth-order valence-corrected chi connectivity index (χ4v) is 2.59. The van der Waals surface area contributed by atoms with E-state index in [2.05, 4.69) is 15.0 Å². The second-order valence-electron chi connectivity index (χ2n) is 5.80. The van der Waals surface area contributed by atoms with Crippen LogP contribution in [0.2, 0.25) is 0 Å². The number of carbonyl (C=O) groups is 1. The summed E-state index contributed by atoms with van der Waals surface area (Å²) in [6.45, 7) is 5.50. The largest absolute Gasteiger partial charge is 0.439 e. The Hall–Kier alpha value is -2.61. The first-order valence-corrected chi connectivity index (χ1v) is 10.0. The molecular weight excluding hydrogens is 354 g/mol. The molecule has 0 bridgehead atoms. The Morgan fingerprint density at radius 3 is 2.38 bits per heavy atom. The van der Waals surface area contributed by atoms with E-state index >= 15 is 0 Å². The topological polar surface area (TPSA) is 97.4 Å². The number of anilines is 1. The first-order chi connectivity index (χ1) is 12.3. The summed E-state index contributed by atoms with van der Waals surface area (Å²) in [5.74, 6) is 0.679. The Labute approximate surface area is 153 Å². The van der Waals surface area contributed by atoms with Crippen molar-refractivity contribution in [2.75, 3.05) is 10.5 Å². The highest BCUT2D eigenvalue weighted by Gasteiger charge is 2.10. The highest BCUT2D eigenvalue weighted by Crippen LogP contribution is 2.22. The summed E-state index contributed by atoms with van der Waals surface area (Å²) in [4.78, 5) is 16.1. The number of sulfonamides is 1. The second kappa shape index (κ2) is 8.66.